The summed E-state index contributed by atoms with van der Waals surface area (Å²) in [5.41, 5.74) is 8.47. The first-order chi connectivity index (χ1) is 6.67. The first-order valence-electron chi connectivity index (χ1n) is 5.19. The predicted molar refractivity (Wildman–Crippen MR) is 60.1 cm³/mol. The summed E-state index contributed by atoms with van der Waals surface area (Å²) in [5, 5.41) is 0. The molecule has 0 saturated heterocycles. The SMILES string of the molecule is CN(C)C1(c2ccccc2N)CCC1. The first-order valence-corrected chi connectivity index (χ1v) is 5.19. The normalized spacial score (nSPS) is 19.4. The van der Waals surface area contributed by atoms with Crippen LogP contribution in [0.15, 0.2) is 24.3 Å². The largest absolute Gasteiger partial charge is 0.398 e. The highest BCUT2D eigenvalue weighted by atomic mass is 15.2. The van der Waals surface area contributed by atoms with Crippen LogP contribution >= 0.6 is 0 Å². The van der Waals surface area contributed by atoms with Crippen LogP contribution in [0.1, 0.15) is 24.8 Å². The smallest absolute Gasteiger partial charge is 0.0475 e. The Balaban J connectivity index is 2.42. The zero-order chi connectivity index (χ0) is 10.2. The molecule has 0 aliphatic heterocycles. The monoisotopic (exact) mass is 190 g/mol. The molecule has 2 N–H and O–H groups in total. The van der Waals surface area contributed by atoms with E-state index in [1.165, 1.54) is 24.8 Å². The topological polar surface area (TPSA) is 29.3 Å². The van der Waals surface area contributed by atoms with Gasteiger partial charge in [-0.2, -0.15) is 0 Å². The molecule has 2 rings (SSSR count). The van der Waals surface area contributed by atoms with Crippen LogP contribution in [0.2, 0.25) is 0 Å². The molecule has 0 bridgehead atoms. The van der Waals surface area contributed by atoms with Crippen molar-refractivity contribution in [2.75, 3.05) is 19.8 Å². The van der Waals surface area contributed by atoms with Gasteiger partial charge >= 0.3 is 0 Å². The third-order valence-electron chi connectivity index (χ3n) is 3.50. The fraction of sp³-hybridized carbons (Fsp3) is 0.500. The van der Waals surface area contributed by atoms with E-state index in [2.05, 4.69) is 31.1 Å². The number of benzene rings is 1. The number of nitrogen functional groups attached to an aromatic ring is 1. The van der Waals surface area contributed by atoms with E-state index in [0.717, 1.165) is 5.69 Å². The molecule has 1 saturated carbocycles. The van der Waals surface area contributed by atoms with Crippen LogP contribution in [0.4, 0.5) is 5.69 Å². The first kappa shape index (κ1) is 9.53. The lowest BCUT2D eigenvalue weighted by molar-refractivity contribution is 0.0585. The number of nitrogens with zero attached hydrogens (tertiary/aromatic N) is 1. The lowest BCUT2D eigenvalue weighted by Crippen LogP contribution is -2.47. The molecule has 0 spiro atoms. The van der Waals surface area contributed by atoms with Gasteiger partial charge in [0.15, 0.2) is 0 Å². The molecule has 1 aromatic carbocycles. The van der Waals surface area contributed by atoms with Gasteiger partial charge in [0.1, 0.15) is 0 Å². The molecule has 0 amide bonds. The van der Waals surface area contributed by atoms with Crippen molar-refractivity contribution in [2.24, 2.45) is 0 Å². The molecule has 0 atom stereocenters. The second-order valence-corrected chi connectivity index (χ2v) is 4.37. The minimum atomic E-state index is 0.214. The summed E-state index contributed by atoms with van der Waals surface area (Å²) >= 11 is 0. The molecule has 0 radical (unpaired) electrons. The zero-order valence-electron chi connectivity index (χ0n) is 8.96. The molecular weight excluding hydrogens is 172 g/mol. The van der Waals surface area contributed by atoms with Crippen molar-refractivity contribution in [3.05, 3.63) is 29.8 Å². The van der Waals surface area contributed by atoms with Crippen LogP contribution in [-0.4, -0.2) is 19.0 Å². The van der Waals surface area contributed by atoms with Crippen LogP contribution in [0.5, 0.6) is 0 Å². The van der Waals surface area contributed by atoms with E-state index in [4.69, 9.17) is 5.73 Å². The van der Waals surface area contributed by atoms with E-state index in [0.29, 0.717) is 0 Å². The average Bonchev–Trinajstić information content (AvgIpc) is 2.05. The molecule has 1 aliphatic rings. The van der Waals surface area contributed by atoms with Gasteiger partial charge in [-0.25, -0.2) is 0 Å². The summed E-state index contributed by atoms with van der Waals surface area (Å²) in [6.07, 6.45) is 3.77. The lowest BCUT2D eigenvalue weighted by Gasteiger charge is -2.48. The Bertz CT molecular complexity index is 327. The fourth-order valence-electron chi connectivity index (χ4n) is 2.39. The average molecular weight is 190 g/mol. The van der Waals surface area contributed by atoms with E-state index in [1.54, 1.807) is 0 Å². The Kier molecular flexibility index (Phi) is 2.23. The molecule has 76 valence electrons. The second kappa shape index (κ2) is 3.28. The van der Waals surface area contributed by atoms with Crippen molar-refractivity contribution in [2.45, 2.75) is 24.8 Å². The molecule has 2 heteroatoms. The molecule has 0 unspecified atom stereocenters. The minimum Gasteiger partial charge on any atom is -0.398 e. The predicted octanol–water partition coefficient (Wildman–Crippen LogP) is 2.21. The van der Waals surface area contributed by atoms with Gasteiger partial charge in [0, 0.05) is 11.2 Å². The molecule has 14 heavy (non-hydrogen) atoms. The van der Waals surface area contributed by atoms with Gasteiger partial charge < -0.3 is 5.73 Å². The van der Waals surface area contributed by atoms with Crippen LogP contribution < -0.4 is 5.73 Å². The Morgan fingerprint density at radius 1 is 1.21 bits per heavy atom. The third-order valence-corrected chi connectivity index (χ3v) is 3.50. The molecule has 0 heterocycles. The Morgan fingerprint density at radius 2 is 1.86 bits per heavy atom. The van der Waals surface area contributed by atoms with Crippen LogP contribution in [0.3, 0.4) is 0 Å². The van der Waals surface area contributed by atoms with E-state index < -0.39 is 0 Å². The maximum absolute atomic E-state index is 6.03. The number of hydrogen-bond acceptors (Lipinski definition) is 2. The third kappa shape index (κ3) is 1.22. The summed E-state index contributed by atoms with van der Waals surface area (Å²) in [5.74, 6) is 0. The number of para-hydroxylation sites is 1. The summed E-state index contributed by atoms with van der Waals surface area (Å²) < 4.78 is 0. The van der Waals surface area contributed by atoms with Crippen molar-refractivity contribution in [3.8, 4) is 0 Å². The maximum Gasteiger partial charge on any atom is 0.0475 e. The standard InChI is InChI=1S/C12H18N2/c1-14(2)12(8-5-9-12)10-6-3-4-7-11(10)13/h3-4,6-7H,5,8-9,13H2,1-2H3. The number of hydrogen-bond donors (Lipinski definition) is 1. The number of nitrogens with two attached hydrogens (primary N) is 1. The van der Waals surface area contributed by atoms with Gasteiger partial charge in [0.2, 0.25) is 0 Å². The van der Waals surface area contributed by atoms with E-state index in [9.17, 15) is 0 Å². The van der Waals surface area contributed by atoms with Gasteiger partial charge in [0.05, 0.1) is 0 Å². The molecule has 0 aromatic heterocycles. The maximum atomic E-state index is 6.03. The highest BCUT2D eigenvalue weighted by Crippen LogP contribution is 2.46. The van der Waals surface area contributed by atoms with Gasteiger partial charge in [-0.1, -0.05) is 18.2 Å². The van der Waals surface area contributed by atoms with Gasteiger partial charge in [-0.3, -0.25) is 4.90 Å². The van der Waals surface area contributed by atoms with Crippen LogP contribution in [0.25, 0.3) is 0 Å². The second-order valence-electron chi connectivity index (χ2n) is 4.37. The van der Waals surface area contributed by atoms with Crippen molar-refractivity contribution in [1.82, 2.24) is 4.90 Å². The van der Waals surface area contributed by atoms with Crippen LogP contribution in [0, 0.1) is 0 Å². The summed E-state index contributed by atoms with van der Waals surface area (Å²) in [6.45, 7) is 0. The van der Waals surface area contributed by atoms with Crippen molar-refractivity contribution in [3.63, 3.8) is 0 Å². The highest BCUT2D eigenvalue weighted by molar-refractivity contribution is 5.51. The Labute approximate surface area is 85.7 Å². The van der Waals surface area contributed by atoms with Gasteiger partial charge in [-0.05, 0) is 45.0 Å². The van der Waals surface area contributed by atoms with E-state index in [-0.39, 0.29) is 5.54 Å². The fourth-order valence-corrected chi connectivity index (χ4v) is 2.39. The molecule has 2 nitrogen and oxygen atoms in total. The summed E-state index contributed by atoms with van der Waals surface area (Å²) in [6, 6.07) is 8.24. The molecule has 1 fully saturated rings. The molecule has 1 aromatic rings. The molecular formula is C12H18N2. The minimum absolute atomic E-state index is 0.214. The number of rotatable bonds is 2. The molecule has 1 aliphatic carbocycles. The van der Waals surface area contributed by atoms with Gasteiger partial charge in [0.25, 0.3) is 0 Å². The Hall–Kier alpha value is -1.02. The van der Waals surface area contributed by atoms with Gasteiger partial charge in [-0.15, -0.1) is 0 Å². The van der Waals surface area contributed by atoms with Crippen molar-refractivity contribution >= 4 is 5.69 Å². The van der Waals surface area contributed by atoms with Crippen molar-refractivity contribution < 1.29 is 0 Å². The lowest BCUT2D eigenvalue weighted by atomic mass is 9.70. The Morgan fingerprint density at radius 3 is 2.29 bits per heavy atom. The highest BCUT2D eigenvalue weighted by Gasteiger charge is 2.41. The summed E-state index contributed by atoms with van der Waals surface area (Å²) in [4.78, 5) is 2.31. The summed E-state index contributed by atoms with van der Waals surface area (Å²) in [7, 11) is 4.29. The van der Waals surface area contributed by atoms with Crippen molar-refractivity contribution in [1.29, 1.82) is 0 Å². The zero-order valence-corrected chi connectivity index (χ0v) is 8.96. The number of anilines is 1. The van der Waals surface area contributed by atoms with E-state index in [1.807, 2.05) is 12.1 Å². The van der Waals surface area contributed by atoms with E-state index >= 15 is 0 Å². The van der Waals surface area contributed by atoms with Crippen LogP contribution in [-0.2, 0) is 5.54 Å². The quantitative estimate of drug-likeness (QED) is 0.724.